The van der Waals surface area contributed by atoms with Gasteiger partial charge in [-0.15, -0.1) is 0 Å². The Labute approximate surface area is 92.1 Å². The fraction of sp³-hybridized carbons (Fsp3) is 0.364. The third-order valence-corrected chi connectivity index (χ3v) is 2.96. The number of phenols is 1. The first kappa shape index (κ1) is 9.62. The first-order chi connectivity index (χ1) is 7.66. The van der Waals surface area contributed by atoms with Crippen molar-refractivity contribution in [1.82, 2.24) is 4.90 Å². The van der Waals surface area contributed by atoms with E-state index in [2.05, 4.69) is 0 Å². The van der Waals surface area contributed by atoms with Crippen molar-refractivity contribution in [2.75, 3.05) is 13.6 Å². The van der Waals surface area contributed by atoms with Gasteiger partial charge in [-0.05, 0) is 13.1 Å². The Morgan fingerprint density at radius 1 is 1.38 bits per heavy atom. The van der Waals surface area contributed by atoms with Crippen molar-refractivity contribution in [3.05, 3.63) is 22.8 Å². The Balaban J connectivity index is 2.22. The maximum Gasteiger partial charge on any atom is 0.177 e. The summed E-state index contributed by atoms with van der Waals surface area (Å²) < 4.78 is 0. The lowest BCUT2D eigenvalue weighted by Crippen LogP contribution is -2.32. The van der Waals surface area contributed by atoms with E-state index in [9.17, 15) is 9.90 Å². The van der Waals surface area contributed by atoms with Gasteiger partial charge in [0.15, 0.2) is 11.5 Å². The minimum absolute atomic E-state index is 0.00245. The third kappa shape index (κ3) is 1.22. The summed E-state index contributed by atoms with van der Waals surface area (Å²) in [6, 6.07) is 1.66. The largest absolute Gasteiger partial charge is 0.507 e. The Hall–Kier alpha value is -1.59. The normalized spacial score (nSPS) is 19.2. The van der Waals surface area contributed by atoms with Crippen LogP contribution in [0.4, 0.5) is 0 Å². The molecule has 1 aromatic carbocycles. The fourth-order valence-electron chi connectivity index (χ4n) is 2.16. The number of carbonyl (C=O) groups is 1. The Kier molecular flexibility index (Phi) is 1.92. The van der Waals surface area contributed by atoms with Crippen molar-refractivity contribution >= 4 is 5.78 Å². The van der Waals surface area contributed by atoms with Crippen LogP contribution in [0.25, 0.3) is 0 Å². The summed E-state index contributed by atoms with van der Waals surface area (Å²) in [6.07, 6.45) is 0. The van der Waals surface area contributed by atoms with Gasteiger partial charge in [-0.1, -0.05) is 0 Å². The van der Waals surface area contributed by atoms with Crippen molar-refractivity contribution in [1.29, 1.82) is 0 Å². The van der Waals surface area contributed by atoms with E-state index in [1.807, 2.05) is 11.9 Å². The second-order valence-corrected chi connectivity index (χ2v) is 4.17. The highest BCUT2D eigenvalue weighted by molar-refractivity contribution is 6.01. The number of Topliss-reactive ketones (excluding diaryl/α,β-unsaturated/α-hetero) is 1. The molecule has 1 N–H and O–H groups in total. The molecule has 0 fully saturated rings. The molecule has 16 heavy (non-hydrogen) atoms. The Bertz CT molecular complexity index is 483. The van der Waals surface area contributed by atoms with Crippen molar-refractivity contribution in [2.24, 2.45) is 0 Å². The number of aromatic hydroxyl groups is 1. The lowest BCUT2D eigenvalue weighted by atomic mass is 9.95. The Morgan fingerprint density at radius 3 is 3.00 bits per heavy atom. The molecule has 0 aliphatic carbocycles. The number of benzene rings is 1. The fourth-order valence-corrected chi connectivity index (χ4v) is 2.16. The van der Waals surface area contributed by atoms with Crippen molar-refractivity contribution in [3.63, 3.8) is 0 Å². The topological polar surface area (TPSA) is 59.0 Å². The molecule has 0 radical (unpaired) electrons. The van der Waals surface area contributed by atoms with E-state index in [-0.39, 0.29) is 18.1 Å². The summed E-state index contributed by atoms with van der Waals surface area (Å²) in [5, 5.41) is 10.1. The number of nitrogens with zero attached hydrogens (tertiary/aromatic N) is 1. The van der Waals surface area contributed by atoms with Gasteiger partial charge in [-0.2, -0.15) is 4.89 Å². The molecule has 84 valence electrons. The molecule has 0 bridgehead atoms. The summed E-state index contributed by atoms with van der Waals surface area (Å²) in [7, 11) is 1.85. The van der Waals surface area contributed by atoms with Crippen LogP contribution in [0.1, 0.15) is 21.5 Å². The number of carbonyl (C=O) groups excluding carboxylic acids is 1. The van der Waals surface area contributed by atoms with Crippen LogP contribution in [0, 0.1) is 0 Å². The number of rotatable bonds is 0. The quantitative estimate of drug-likeness (QED) is 0.658. The molecule has 0 unspecified atom stereocenters. The summed E-state index contributed by atoms with van der Waals surface area (Å²) in [4.78, 5) is 23.4. The molecule has 0 saturated carbocycles. The number of fused-ring (bicyclic) bond motifs is 2. The second kappa shape index (κ2) is 3.20. The van der Waals surface area contributed by atoms with Gasteiger partial charge in [-0.3, -0.25) is 9.69 Å². The van der Waals surface area contributed by atoms with Crippen molar-refractivity contribution in [3.8, 4) is 11.5 Å². The van der Waals surface area contributed by atoms with E-state index >= 15 is 0 Å². The maximum absolute atomic E-state index is 11.8. The zero-order valence-corrected chi connectivity index (χ0v) is 8.82. The Morgan fingerprint density at radius 2 is 2.19 bits per heavy atom. The van der Waals surface area contributed by atoms with Gasteiger partial charge in [0.1, 0.15) is 12.4 Å². The van der Waals surface area contributed by atoms with Crippen LogP contribution < -0.4 is 4.89 Å². The monoisotopic (exact) mass is 221 g/mol. The lowest BCUT2D eigenvalue weighted by Gasteiger charge is -2.24. The van der Waals surface area contributed by atoms with Gasteiger partial charge in [0.05, 0.1) is 12.1 Å². The van der Waals surface area contributed by atoms with Crippen LogP contribution in [-0.4, -0.2) is 29.4 Å². The molecule has 1 aromatic rings. The number of likely N-dealkylation sites (N-methyl/N-ethyl adjacent to an activating group) is 1. The first-order valence-electron chi connectivity index (χ1n) is 5.05. The molecule has 5 nitrogen and oxygen atoms in total. The number of hydrogen-bond donors (Lipinski definition) is 1. The van der Waals surface area contributed by atoms with Gasteiger partial charge in [0.2, 0.25) is 0 Å². The zero-order chi connectivity index (χ0) is 11.3. The summed E-state index contributed by atoms with van der Waals surface area (Å²) in [5.74, 6) is 0.580. The van der Waals surface area contributed by atoms with Crippen LogP contribution >= 0.6 is 0 Å². The van der Waals surface area contributed by atoms with Gasteiger partial charge >= 0.3 is 0 Å². The SMILES string of the molecule is CN1CC(=O)c2cc3c(c(O)c2C1)COO3. The smallest absolute Gasteiger partial charge is 0.177 e. The standard InChI is InChI=1S/C11H11NO4/c1-12-3-7-6(9(13)4-12)2-10-8(11(7)14)5-15-16-10/h2,14H,3-5H2,1H3. The zero-order valence-electron chi connectivity index (χ0n) is 8.82. The summed E-state index contributed by atoms with van der Waals surface area (Å²) >= 11 is 0. The first-order valence-corrected chi connectivity index (χ1v) is 5.05. The molecule has 0 aromatic heterocycles. The van der Waals surface area contributed by atoms with E-state index in [1.54, 1.807) is 6.07 Å². The molecule has 3 rings (SSSR count). The molecule has 0 spiro atoms. The predicted molar refractivity (Wildman–Crippen MR) is 54.2 cm³/mol. The van der Waals surface area contributed by atoms with E-state index in [4.69, 9.17) is 9.78 Å². The molecule has 0 saturated heterocycles. The average molecular weight is 221 g/mol. The highest BCUT2D eigenvalue weighted by Gasteiger charge is 2.30. The van der Waals surface area contributed by atoms with Crippen LogP contribution in [0.3, 0.4) is 0 Å². The van der Waals surface area contributed by atoms with E-state index in [0.717, 1.165) is 0 Å². The van der Waals surface area contributed by atoms with Gasteiger partial charge in [-0.25, -0.2) is 0 Å². The van der Waals surface area contributed by atoms with Crippen LogP contribution in [-0.2, 0) is 18.0 Å². The highest BCUT2D eigenvalue weighted by Crippen LogP contribution is 2.40. The molecular formula is C11H11NO4. The second-order valence-electron chi connectivity index (χ2n) is 4.17. The van der Waals surface area contributed by atoms with E-state index < -0.39 is 0 Å². The van der Waals surface area contributed by atoms with Crippen molar-refractivity contribution in [2.45, 2.75) is 13.2 Å². The van der Waals surface area contributed by atoms with E-state index in [0.29, 0.717) is 35.5 Å². The van der Waals surface area contributed by atoms with Gasteiger partial charge in [0, 0.05) is 17.7 Å². The average Bonchev–Trinajstić information content (AvgIpc) is 2.68. The minimum Gasteiger partial charge on any atom is -0.507 e. The van der Waals surface area contributed by atoms with Gasteiger partial charge in [0.25, 0.3) is 0 Å². The van der Waals surface area contributed by atoms with Gasteiger partial charge < -0.3 is 9.99 Å². The maximum atomic E-state index is 11.8. The lowest BCUT2D eigenvalue weighted by molar-refractivity contribution is -0.194. The summed E-state index contributed by atoms with van der Waals surface area (Å²) in [6.45, 7) is 1.17. The molecular weight excluding hydrogens is 210 g/mol. The number of ketones is 1. The third-order valence-electron chi connectivity index (χ3n) is 2.96. The van der Waals surface area contributed by atoms with Crippen LogP contribution in [0.2, 0.25) is 0 Å². The predicted octanol–water partition coefficient (Wildman–Crippen LogP) is 0.844. The molecule has 2 heterocycles. The van der Waals surface area contributed by atoms with E-state index in [1.165, 1.54) is 0 Å². The number of hydrogen-bond acceptors (Lipinski definition) is 5. The van der Waals surface area contributed by atoms with Crippen LogP contribution in [0.5, 0.6) is 11.5 Å². The minimum atomic E-state index is -0.00245. The molecule has 5 heteroatoms. The molecule has 0 amide bonds. The number of phenolic OH excluding ortho intramolecular Hbond substituents is 1. The molecule has 0 atom stereocenters. The van der Waals surface area contributed by atoms with Crippen molar-refractivity contribution < 1.29 is 19.7 Å². The highest BCUT2D eigenvalue weighted by atomic mass is 17.2. The molecule has 2 aliphatic rings. The summed E-state index contributed by atoms with van der Waals surface area (Å²) in [5.41, 5.74) is 1.84. The molecule has 2 aliphatic heterocycles. The van der Waals surface area contributed by atoms with Crippen LogP contribution in [0.15, 0.2) is 6.07 Å².